The summed E-state index contributed by atoms with van der Waals surface area (Å²) in [5.74, 6) is 2.25. The van der Waals surface area contributed by atoms with Crippen LogP contribution in [0.1, 0.15) is 5.56 Å². The Morgan fingerprint density at radius 3 is 2.09 bits per heavy atom. The number of alkyl halides is 3. The number of anilines is 5. The molecule has 5 rings (SSSR count). The van der Waals surface area contributed by atoms with E-state index in [-0.39, 0.29) is 18.7 Å². The number of hydrogen-bond acceptors (Lipinski definition) is 9. The van der Waals surface area contributed by atoms with Crippen molar-refractivity contribution in [3.63, 3.8) is 0 Å². The predicted octanol–water partition coefficient (Wildman–Crippen LogP) is 3.86. The Morgan fingerprint density at radius 2 is 1.41 bits per heavy atom. The minimum absolute atomic E-state index is 0.166. The second-order valence-corrected chi connectivity index (χ2v) is 7.97. The third kappa shape index (κ3) is 4.91. The van der Waals surface area contributed by atoms with Crippen LogP contribution in [0.15, 0.2) is 42.5 Å². The Labute approximate surface area is 193 Å². The van der Waals surface area contributed by atoms with Crippen molar-refractivity contribution < 1.29 is 22.6 Å². The fraction of sp³-hybridized carbons (Fsp3) is 0.318. The molecule has 178 valence electrons. The monoisotopic (exact) mass is 473 g/mol. The van der Waals surface area contributed by atoms with Crippen molar-refractivity contribution in [1.29, 1.82) is 0 Å². The van der Waals surface area contributed by atoms with Crippen molar-refractivity contribution in [3.8, 4) is 11.5 Å². The van der Waals surface area contributed by atoms with Gasteiger partial charge in [0.15, 0.2) is 11.5 Å². The average molecular weight is 473 g/mol. The smallest absolute Gasteiger partial charge is 0.416 e. The summed E-state index contributed by atoms with van der Waals surface area (Å²) in [7, 11) is 2.05. The van der Waals surface area contributed by atoms with Gasteiger partial charge in [0.05, 0.1) is 5.56 Å². The quantitative estimate of drug-likeness (QED) is 0.574. The molecule has 3 heterocycles. The maximum atomic E-state index is 12.9. The topological polar surface area (TPSA) is 87.7 Å². The first kappa shape index (κ1) is 22.0. The van der Waals surface area contributed by atoms with Crippen LogP contribution in [0.3, 0.4) is 0 Å². The molecule has 3 aromatic rings. The standard InChI is InChI=1S/C22H22F3N7O2/c1-31-8-10-32(11-9-31)21-29-19(26-15-4-2-14(3-5-15)22(23,24)25)28-20(30-21)27-16-6-7-17-18(12-16)34-13-33-17/h2-7,12H,8-11,13H2,1H3,(H2,26,27,28,29,30). The van der Waals surface area contributed by atoms with Crippen molar-refractivity contribution in [2.75, 3.05) is 55.6 Å². The van der Waals surface area contributed by atoms with Gasteiger partial charge in [0.1, 0.15) is 0 Å². The van der Waals surface area contributed by atoms with Gasteiger partial charge >= 0.3 is 6.18 Å². The second-order valence-electron chi connectivity index (χ2n) is 7.97. The van der Waals surface area contributed by atoms with Gasteiger partial charge in [-0.2, -0.15) is 28.1 Å². The highest BCUT2D eigenvalue weighted by Gasteiger charge is 2.30. The molecule has 0 radical (unpaired) electrons. The summed E-state index contributed by atoms with van der Waals surface area (Å²) in [6.07, 6.45) is -4.40. The molecular formula is C22H22F3N7O2. The van der Waals surface area contributed by atoms with E-state index in [1.807, 2.05) is 11.0 Å². The first-order valence-electron chi connectivity index (χ1n) is 10.6. The number of nitrogens with zero attached hydrogens (tertiary/aromatic N) is 5. The van der Waals surface area contributed by atoms with Gasteiger partial charge in [0.2, 0.25) is 24.6 Å². The van der Waals surface area contributed by atoms with Gasteiger partial charge in [-0.05, 0) is 43.4 Å². The first-order chi connectivity index (χ1) is 16.3. The van der Waals surface area contributed by atoms with Crippen molar-refractivity contribution >= 4 is 29.2 Å². The average Bonchev–Trinajstić information content (AvgIpc) is 3.27. The number of halogens is 3. The zero-order valence-electron chi connectivity index (χ0n) is 18.3. The summed E-state index contributed by atoms with van der Waals surface area (Å²) in [5, 5.41) is 6.14. The fourth-order valence-electron chi connectivity index (χ4n) is 3.60. The van der Waals surface area contributed by atoms with Gasteiger partial charge < -0.3 is 29.9 Å². The van der Waals surface area contributed by atoms with Crippen LogP contribution < -0.4 is 25.0 Å². The normalized spacial score (nSPS) is 15.9. The van der Waals surface area contributed by atoms with Gasteiger partial charge in [0, 0.05) is 43.6 Å². The zero-order valence-corrected chi connectivity index (χ0v) is 18.3. The summed E-state index contributed by atoms with van der Waals surface area (Å²) >= 11 is 0. The molecule has 9 nitrogen and oxygen atoms in total. The van der Waals surface area contributed by atoms with Crippen LogP contribution in [-0.2, 0) is 6.18 Å². The van der Waals surface area contributed by atoms with Gasteiger partial charge in [-0.3, -0.25) is 0 Å². The molecule has 2 aromatic carbocycles. The molecule has 0 atom stereocenters. The fourth-order valence-corrected chi connectivity index (χ4v) is 3.60. The minimum atomic E-state index is -4.40. The van der Waals surface area contributed by atoms with Crippen LogP contribution in [0.25, 0.3) is 0 Å². The van der Waals surface area contributed by atoms with Crippen LogP contribution in [0, 0.1) is 0 Å². The van der Waals surface area contributed by atoms with E-state index in [0.29, 0.717) is 28.8 Å². The molecule has 34 heavy (non-hydrogen) atoms. The second kappa shape index (κ2) is 8.86. The molecule has 1 fully saturated rings. The van der Waals surface area contributed by atoms with Crippen molar-refractivity contribution in [2.45, 2.75) is 6.18 Å². The Balaban J connectivity index is 1.42. The number of piperazine rings is 1. The highest BCUT2D eigenvalue weighted by atomic mass is 19.4. The molecule has 0 saturated carbocycles. The molecule has 2 aliphatic heterocycles. The van der Waals surface area contributed by atoms with Gasteiger partial charge in [-0.25, -0.2) is 0 Å². The number of nitrogens with one attached hydrogen (secondary N) is 2. The van der Waals surface area contributed by atoms with Crippen LogP contribution >= 0.6 is 0 Å². The van der Waals surface area contributed by atoms with E-state index in [1.54, 1.807) is 12.1 Å². The van der Waals surface area contributed by atoms with Crippen LogP contribution in [0.5, 0.6) is 11.5 Å². The van der Waals surface area contributed by atoms with E-state index in [4.69, 9.17) is 9.47 Å². The largest absolute Gasteiger partial charge is 0.454 e. The molecule has 0 amide bonds. The molecular weight excluding hydrogens is 451 g/mol. The molecule has 0 unspecified atom stereocenters. The summed E-state index contributed by atoms with van der Waals surface area (Å²) in [6, 6.07) is 10.1. The predicted molar refractivity (Wildman–Crippen MR) is 120 cm³/mol. The number of fused-ring (bicyclic) bond motifs is 1. The highest BCUT2D eigenvalue weighted by molar-refractivity contribution is 5.63. The lowest BCUT2D eigenvalue weighted by Gasteiger charge is -2.32. The van der Waals surface area contributed by atoms with Gasteiger partial charge in [-0.15, -0.1) is 0 Å². The molecule has 0 aliphatic carbocycles. The summed E-state index contributed by atoms with van der Waals surface area (Å²) in [6.45, 7) is 3.36. The van der Waals surface area contributed by atoms with Crippen LogP contribution in [0.2, 0.25) is 0 Å². The number of likely N-dealkylation sites (N-methyl/N-ethyl adjacent to an activating group) is 1. The lowest BCUT2D eigenvalue weighted by Crippen LogP contribution is -2.45. The molecule has 2 aliphatic rings. The number of ether oxygens (including phenoxy) is 2. The molecule has 0 spiro atoms. The third-order valence-electron chi connectivity index (χ3n) is 5.51. The summed E-state index contributed by atoms with van der Waals surface area (Å²) in [5.41, 5.74) is 0.398. The molecule has 0 bridgehead atoms. The lowest BCUT2D eigenvalue weighted by molar-refractivity contribution is -0.137. The lowest BCUT2D eigenvalue weighted by atomic mass is 10.2. The van der Waals surface area contributed by atoms with E-state index >= 15 is 0 Å². The van der Waals surface area contributed by atoms with E-state index < -0.39 is 11.7 Å². The molecule has 2 N–H and O–H groups in total. The molecule has 1 saturated heterocycles. The maximum Gasteiger partial charge on any atom is 0.416 e. The highest BCUT2D eigenvalue weighted by Crippen LogP contribution is 2.35. The Morgan fingerprint density at radius 1 is 0.794 bits per heavy atom. The Bertz CT molecular complexity index is 1170. The van der Waals surface area contributed by atoms with E-state index in [0.717, 1.165) is 38.3 Å². The van der Waals surface area contributed by atoms with E-state index in [2.05, 4.69) is 37.5 Å². The SMILES string of the molecule is CN1CCN(c2nc(Nc3ccc(C(F)(F)F)cc3)nc(Nc3ccc4c(c3)OCO4)n2)CC1. The van der Waals surface area contributed by atoms with Crippen molar-refractivity contribution in [2.24, 2.45) is 0 Å². The molecule has 1 aromatic heterocycles. The van der Waals surface area contributed by atoms with Crippen LogP contribution in [-0.4, -0.2) is 59.9 Å². The van der Waals surface area contributed by atoms with Crippen molar-refractivity contribution in [3.05, 3.63) is 48.0 Å². The number of benzene rings is 2. The summed E-state index contributed by atoms with van der Waals surface area (Å²) < 4.78 is 49.4. The van der Waals surface area contributed by atoms with Crippen LogP contribution in [0.4, 0.5) is 42.4 Å². The van der Waals surface area contributed by atoms with Gasteiger partial charge in [0.25, 0.3) is 0 Å². The first-order valence-corrected chi connectivity index (χ1v) is 10.6. The Hall–Kier alpha value is -3.80. The minimum Gasteiger partial charge on any atom is -0.454 e. The Kier molecular flexibility index (Phi) is 5.74. The third-order valence-corrected chi connectivity index (χ3v) is 5.51. The van der Waals surface area contributed by atoms with Gasteiger partial charge in [-0.1, -0.05) is 0 Å². The number of rotatable bonds is 5. The number of hydrogen-bond donors (Lipinski definition) is 2. The summed E-state index contributed by atoms with van der Waals surface area (Å²) in [4.78, 5) is 17.8. The van der Waals surface area contributed by atoms with E-state index in [1.165, 1.54) is 12.1 Å². The maximum absolute atomic E-state index is 12.9. The molecule has 12 heteroatoms. The van der Waals surface area contributed by atoms with E-state index in [9.17, 15) is 13.2 Å². The number of aromatic nitrogens is 3. The zero-order chi connectivity index (χ0) is 23.7. The van der Waals surface area contributed by atoms with Crippen molar-refractivity contribution in [1.82, 2.24) is 19.9 Å².